The highest BCUT2D eigenvalue weighted by Gasteiger charge is 2.21. The van der Waals surface area contributed by atoms with E-state index in [-0.39, 0.29) is 12.4 Å². The second-order valence-corrected chi connectivity index (χ2v) is 7.18. The monoisotopic (exact) mass is 359 g/mol. The summed E-state index contributed by atoms with van der Waals surface area (Å²) < 4.78 is 31.3. The van der Waals surface area contributed by atoms with Crippen LogP contribution in [0.1, 0.15) is 17.3 Å². The van der Waals surface area contributed by atoms with E-state index in [2.05, 4.69) is 26.1 Å². The molecular weight excluding hydrogens is 346 g/mol. The summed E-state index contributed by atoms with van der Waals surface area (Å²) >= 11 is 3.39. The minimum absolute atomic E-state index is 0.0146. The van der Waals surface area contributed by atoms with Crippen LogP contribution in [0, 0.1) is 13.8 Å². The normalized spacial score (nSPS) is 11.6. The molecular formula is C12H14BrN3O3S. The molecule has 1 aromatic carbocycles. The van der Waals surface area contributed by atoms with Crippen molar-refractivity contribution < 1.29 is 12.8 Å². The molecule has 0 N–H and O–H groups in total. The molecule has 1 aromatic heterocycles. The fraction of sp³-hybridized carbons (Fsp3) is 0.333. The average Bonchev–Trinajstić information content (AvgIpc) is 2.74. The molecule has 1 heterocycles. The Morgan fingerprint density at radius 3 is 2.50 bits per heavy atom. The molecule has 0 unspecified atom stereocenters. The van der Waals surface area contributed by atoms with Gasteiger partial charge in [0.05, 0.1) is 11.9 Å². The first-order chi connectivity index (χ1) is 9.27. The quantitative estimate of drug-likeness (QED) is 0.837. The molecule has 0 aliphatic heterocycles. The summed E-state index contributed by atoms with van der Waals surface area (Å²) in [6.07, 6.45) is 1.15. The number of nitrogens with zero attached hydrogens (tertiary/aromatic N) is 3. The summed E-state index contributed by atoms with van der Waals surface area (Å²) in [5, 5.41) is 7.53. The highest BCUT2D eigenvalue weighted by molar-refractivity contribution is 9.10. The fourth-order valence-electron chi connectivity index (χ4n) is 1.71. The molecule has 8 heteroatoms. The standard InChI is InChI=1S/C12H14BrN3O3S/c1-8-6-10(4-5-11(8)13)16(20(3,17)18)7-12-15-14-9(2)19-12/h4-6H,7H2,1-3H3. The van der Waals surface area contributed by atoms with Crippen molar-refractivity contribution in [1.29, 1.82) is 0 Å². The van der Waals surface area contributed by atoms with Crippen LogP contribution in [0.25, 0.3) is 0 Å². The van der Waals surface area contributed by atoms with E-state index in [0.29, 0.717) is 11.6 Å². The first kappa shape index (κ1) is 15.0. The molecule has 20 heavy (non-hydrogen) atoms. The summed E-state index contributed by atoms with van der Waals surface area (Å²) in [6, 6.07) is 5.32. The van der Waals surface area contributed by atoms with Crippen LogP contribution in [0.2, 0.25) is 0 Å². The summed E-state index contributed by atoms with van der Waals surface area (Å²) in [5.41, 5.74) is 1.50. The maximum Gasteiger partial charge on any atom is 0.236 e. The van der Waals surface area contributed by atoms with E-state index >= 15 is 0 Å². The van der Waals surface area contributed by atoms with Crippen LogP contribution in [0.3, 0.4) is 0 Å². The molecule has 6 nitrogen and oxygen atoms in total. The van der Waals surface area contributed by atoms with Crippen molar-refractivity contribution in [3.05, 3.63) is 40.0 Å². The number of rotatable bonds is 4. The summed E-state index contributed by atoms with van der Waals surface area (Å²) in [6.45, 7) is 3.57. The number of benzene rings is 1. The molecule has 0 amide bonds. The lowest BCUT2D eigenvalue weighted by atomic mass is 10.2. The third-order valence-electron chi connectivity index (χ3n) is 2.68. The minimum atomic E-state index is -3.45. The van der Waals surface area contributed by atoms with Gasteiger partial charge in [0, 0.05) is 11.4 Å². The predicted molar refractivity (Wildman–Crippen MR) is 78.9 cm³/mol. The minimum Gasteiger partial charge on any atom is -0.424 e. The molecule has 0 saturated heterocycles. The van der Waals surface area contributed by atoms with E-state index in [4.69, 9.17) is 4.42 Å². The van der Waals surface area contributed by atoms with Crippen LogP contribution in [0.5, 0.6) is 0 Å². The van der Waals surface area contributed by atoms with Crippen molar-refractivity contribution in [2.24, 2.45) is 0 Å². The number of halogens is 1. The van der Waals surface area contributed by atoms with Gasteiger partial charge in [0.25, 0.3) is 0 Å². The van der Waals surface area contributed by atoms with E-state index in [9.17, 15) is 8.42 Å². The van der Waals surface area contributed by atoms with Crippen LogP contribution >= 0.6 is 15.9 Å². The number of aromatic nitrogens is 2. The molecule has 0 atom stereocenters. The topological polar surface area (TPSA) is 76.3 Å². The average molecular weight is 360 g/mol. The molecule has 2 rings (SSSR count). The second kappa shape index (κ2) is 5.53. The second-order valence-electron chi connectivity index (χ2n) is 4.42. The number of anilines is 1. The lowest BCUT2D eigenvalue weighted by molar-refractivity contribution is 0.468. The number of aryl methyl sites for hydroxylation is 2. The Morgan fingerprint density at radius 2 is 2.00 bits per heavy atom. The van der Waals surface area contributed by atoms with E-state index in [1.165, 1.54) is 4.31 Å². The van der Waals surface area contributed by atoms with E-state index in [1.807, 2.05) is 13.0 Å². The van der Waals surface area contributed by atoms with Gasteiger partial charge in [0.1, 0.15) is 6.54 Å². The van der Waals surface area contributed by atoms with Gasteiger partial charge in [-0.3, -0.25) is 4.31 Å². The Kier molecular flexibility index (Phi) is 4.14. The predicted octanol–water partition coefficient (Wildman–Crippen LogP) is 2.42. The Balaban J connectivity index is 2.40. The van der Waals surface area contributed by atoms with Gasteiger partial charge in [0.15, 0.2) is 0 Å². The van der Waals surface area contributed by atoms with Gasteiger partial charge in [-0.1, -0.05) is 15.9 Å². The molecule has 0 spiro atoms. The first-order valence-electron chi connectivity index (χ1n) is 5.80. The van der Waals surface area contributed by atoms with E-state index in [0.717, 1.165) is 16.3 Å². The van der Waals surface area contributed by atoms with Crippen LogP contribution in [0.15, 0.2) is 27.1 Å². The van der Waals surface area contributed by atoms with Crippen molar-refractivity contribution in [2.75, 3.05) is 10.6 Å². The van der Waals surface area contributed by atoms with E-state index < -0.39 is 10.0 Å². The van der Waals surface area contributed by atoms with Crippen LogP contribution in [0.4, 0.5) is 5.69 Å². The fourth-order valence-corrected chi connectivity index (χ4v) is 2.80. The molecule has 108 valence electrons. The van der Waals surface area contributed by atoms with Crippen molar-refractivity contribution in [3.63, 3.8) is 0 Å². The SMILES string of the molecule is Cc1nnc(CN(c2ccc(Br)c(C)c2)S(C)(=O)=O)o1. The van der Waals surface area contributed by atoms with Gasteiger partial charge in [-0.15, -0.1) is 10.2 Å². The largest absolute Gasteiger partial charge is 0.424 e. The van der Waals surface area contributed by atoms with Gasteiger partial charge in [-0.2, -0.15) is 0 Å². The number of sulfonamides is 1. The van der Waals surface area contributed by atoms with Gasteiger partial charge in [0.2, 0.25) is 21.8 Å². The Morgan fingerprint density at radius 1 is 1.30 bits per heavy atom. The summed E-state index contributed by atoms with van der Waals surface area (Å²) in [7, 11) is -3.45. The van der Waals surface area contributed by atoms with E-state index in [1.54, 1.807) is 19.1 Å². The summed E-state index contributed by atoms with van der Waals surface area (Å²) in [4.78, 5) is 0. The molecule has 0 aliphatic carbocycles. The van der Waals surface area contributed by atoms with Crippen molar-refractivity contribution in [3.8, 4) is 0 Å². The third-order valence-corrected chi connectivity index (χ3v) is 4.71. The number of hydrogen-bond acceptors (Lipinski definition) is 5. The zero-order chi connectivity index (χ0) is 14.9. The van der Waals surface area contributed by atoms with Gasteiger partial charge in [-0.25, -0.2) is 8.42 Å². The van der Waals surface area contributed by atoms with Crippen LogP contribution in [-0.2, 0) is 16.6 Å². The highest BCUT2D eigenvalue weighted by atomic mass is 79.9. The van der Waals surface area contributed by atoms with Gasteiger partial charge in [-0.05, 0) is 30.7 Å². The van der Waals surface area contributed by atoms with Gasteiger partial charge >= 0.3 is 0 Å². The Hall–Kier alpha value is -1.41. The Labute approximate surface area is 126 Å². The maximum atomic E-state index is 12.0. The molecule has 0 fully saturated rings. The molecule has 0 aliphatic rings. The molecule has 0 saturated carbocycles. The lowest BCUT2D eigenvalue weighted by Gasteiger charge is -2.21. The third kappa shape index (κ3) is 3.37. The molecule has 2 aromatic rings. The van der Waals surface area contributed by atoms with Crippen LogP contribution in [-0.4, -0.2) is 24.9 Å². The van der Waals surface area contributed by atoms with Crippen molar-refractivity contribution >= 4 is 31.6 Å². The van der Waals surface area contributed by atoms with Crippen molar-refractivity contribution in [1.82, 2.24) is 10.2 Å². The maximum absolute atomic E-state index is 12.0. The first-order valence-corrected chi connectivity index (χ1v) is 8.44. The summed E-state index contributed by atoms with van der Waals surface area (Å²) in [5.74, 6) is 0.661. The van der Waals surface area contributed by atoms with Crippen LogP contribution < -0.4 is 4.31 Å². The highest BCUT2D eigenvalue weighted by Crippen LogP contribution is 2.25. The lowest BCUT2D eigenvalue weighted by Crippen LogP contribution is -2.29. The zero-order valence-electron chi connectivity index (χ0n) is 11.3. The molecule has 0 bridgehead atoms. The number of hydrogen-bond donors (Lipinski definition) is 0. The zero-order valence-corrected chi connectivity index (χ0v) is 13.7. The Bertz CT molecular complexity index is 727. The molecule has 0 radical (unpaired) electrons. The van der Waals surface area contributed by atoms with Crippen molar-refractivity contribution in [2.45, 2.75) is 20.4 Å². The smallest absolute Gasteiger partial charge is 0.236 e. The van der Waals surface area contributed by atoms with Gasteiger partial charge < -0.3 is 4.42 Å².